The van der Waals surface area contributed by atoms with E-state index in [1.807, 2.05) is 12.1 Å². The number of carbonyl (C=O) groups excluding carboxylic acids is 2. The molecule has 3 aromatic carbocycles. The first kappa shape index (κ1) is 17.5. The van der Waals surface area contributed by atoms with Crippen LogP contribution in [0.15, 0.2) is 54.6 Å². The minimum Gasteiger partial charge on any atom is -0.497 e. The second-order valence-electron chi connectivity index (χ2n) is 6.41. The van der Waals surface area contributed by atoms with Gasteiger partial charge in [-0.1, -0.05) is 35.9 Å². The van der Waals surface area contributed by atoms with E-state index in [0.29, 0.717) is 27.5 Å². The minimum atomic E-state index is -2.29. The Morgan fingerprint density at radius 3 is 2.48 bits per heavy atom. The van der Waals surface area contributed by atoms with Crippen LogP contribution in [0.2, 0.25) is 5.02 Å². The van der Waals surface area contributed by atoms with Crippen molar-refractivity contribution in [3.63, 3.8) is 0 Å². The summed E-state index contributed by atoms with van der Waals surface area (Å²) in [6.45, 7) is 1.21. The molecule has 1 aliphatic heterocycles. The fourth-order valence-electron chi connectivity index (χ4n) is 3.56. The second-order valence-corrected chi connectivity index (χ2v) is 6.81. The molecule has 3 aromatic rings. The molecule has 4 rings (SSSR count). The van der Waals surface area contributed by atoms with Gasteiger partial charge in [0, 0.05) is 5.56 Å². The summed E-state index contributed by atoms with van der Waals surface area (Å²) in [6, 6.07) is 15.7. The predicted molar refractivity (Wildman–Crippen MR) is 104 cm³/mol. The molecule has 0 aliphatic carbocycles. The number of benzene rings is 3. The maximum Gasteiger partial charge on any atom is 0.276 e. The normalized spacial score (nSPS) is 18.7. The van der Waals surface area contributed by atoms with Crippen molar-refractivity contribution in [2.45, 2.75) is 12.5 Å². The number of rotatable bonds is 3. The van der Waals surface area contributed by atoms with Gasteiger partial charge >= 0.3 is 0 Å². The van der Waals surface area contributed by atoms with Crippen LogP contribution in [0.5, 0.6) is 5.75 Å². The molecule has 6 heteroatoms. The molecule has 1 N–H and O–H groups in total. The van der Waals surface area contributed by atoms with Crippen LogP contribution in [0.4, 0.5) is 11.4 Å². The zero-order valence-electron chi connectivity index (χ0n) is 14.7. The summed E-state index contributed by atoms with van der Waals surface area (Å²) >= 11 is 6.29. The molecular formula is C21H16ClNO4. The SMILES string of the molecule is COc1ccc2ccc3c(c2c1)C(O)(C(C)=O)C(=O)N3c1ccccc1Cl. The number of para-hydroxylation sites is 1. The minimum absolute atomic E-state index is 0.247. The third kappa shape index (κ3) is 2.36. The molecule has 27 heavy (non-hydrogen) atoms. The smallest absolute Gasteiger partial charge is 0.276 e. The lowest BCUT2D eigenvalue weighted by Crippen LogP contribution is -2.43. The number of hydrogen-bond donors (Lipinski definition) is 1. The Kier molecular flexibility index (Phi) is 3.94. The number of hydrogen-bond acceptors (Lipinski definition) is 4. The van der Waals surface area contributed by atoms with Crippen LogP contribution in [0, 0.1) is 0 Å². The van der Waals surface area contributed by atoms with Crippen LogP contribution in [0.1, 0.15) is 12.5 Å². The number of carbonyl (C=O) groups is 2. The van der Waals surface area contributed by atoms with Crippen molar-refractivity contribution in [2.75, 3.05) is 12.0 Å². The largest absolute Gasteiger partial charge is 0.497 e. The Bertz CT molecular complexity index is 1110. The van der Waals surface area contributed by atoms with Crippen LogP contribution in [0.25, 0.3) is 10.8 Å². The lowest BCUT2D eigenvalue weighted by molar-refractivity contribution is -0.148. The molecule has 0 spiro atoms. The van der Waals surface area contributed by atoms with Gasteiger partial charge in [-0.2, -0.15) is 0 Å². The highest BCUT2D eigenvalue weighted by molar-refractivity contribution is 6.35. The molecule has 0 radical (unpaired) electrons. The van der Waals surface area contributed by atoms with E-state index >= 15 is 0 Å². The first-order valence-corrected chi connectivity index (χ1v) is 8.71. The Morgan fingerprint density at radius 2 is 1.81 bits per heavy atom. The van der Waals surface area contributed by atoms with Gasteiger partial charge in [0.2, 0.25) is 5.60 Å². The molecular weight excluding hydrogens is 366 g/mol. The first-order chi connectivity index (χ1) is 12.9. The van der Waals surface area contributed by atoms with E-state index in [2.05, 4.69) is 0 Å². The molecule has 1 heterocycles. The molecule has 1 aliphatic rings. The lowest BCUT2D eigenvalue weighted by atomic mass is 9.87. The number of halogens is 1. The number of anilines is 2. The zero-order chi connectivity index (χ0) is 19.3. The molecule has 136 valence electrons. The molecule has 1 unspecified atom stereocenters. The van der Waals surface area contributed by atoms with Crippen LogP contribution in [-0.2, 0) is 15.2 Å². The Morgan fingerprint density at radius 1 is 1.11 bits per heavy atom. The number of methoxy groups -OCH3 is 1. The molecule has 0 saturated carbocycles. The summed E-state index contributed by atoms with van der Waals surface area (Å²) in [5, 5.41) is 12.9. The average molecular weight is 382 g/mol. The van der Waals surface area contributed by atoms with Gasteiger partial charge in [0.15, 0.2) is 5.78 Å². The summed E-state index contributed by atoms with van der Waals surface area (Å²) in [5.74, 6) is -0.836. The van der Waals surface area contributed by atoms with Crippen molar-refractivity contribution in [3.05, 3.63) is 65.2 Å². The monoisotopic (exact) mass is 381 g/mol. The molecule has 5 nitrogen and oxygen atoms in total. The number of nitrogens with zero attached hydrogens (tertiary/aromatic N) is 1. The van der Waals surface area contributed by atoms with Crippen LogP contribution < -0.4 is 9.64 Å². The van der Waals surface area contributed by atoms with Crippen molar-refractivity contribution in [1.29, 1.82) is 0 Å². The summed E-state index contributed by atoms with van der Waals surface area (Å²) in [4.78, 5) is 27.0. The second kappa shape index (κ2) is 6.08. The van der Waals surface area contributed by atoms with Gasteiger partial charge in [-0.3, -0.25) is 14.5 Å². The van der Waals surface area contributed by atoms with E-state index in [0.717, 1.165) is 5.39 Å². The van der Waals surface area contributed by atoms with Gasteiger partial charge in [0.05, 0.1) is 23.5 Å². The highest BCUT2D eigenvalue weighted by atomic mass is 35.5. The summed E-state index contributed by atoms with van der Waals surface area (Å²) in [7, 11) is 1.53. The highest BCUT2D eigenvalue weighted by Crippen LogP contribution is 2.49. The van der Waals surface area contributed by atoms with Gasteiger partial charge in [-0.15, -0.1) is 0 Å². The van der Waals surface area contributed by atoms with E-state index in [-0.39, 0.29) is 5.56 Å². The first-order valence-electron chi connectivity index (χ1n) is 8.33. The van der Waals surface area contributed by atoms with Gasteiger partial charge in [-0.05, 0) is 48.0 Å². The number of ketones is 1. The molecule has 0 fully saturated rings. The van der Waals surface area contributed by atoms with Crippen molar-refractivity contribution < 1.29 is 19.4 Å². The van der Waals surface area contributed by atoms with E-state index in [9.17, 15) is 14.7 Å². The van der Waals surface area contributed by atoms with E-state index in [1.165, 1.54) is 18.9 Å². The molecule has 1 amide bonds. The standard InChI is InChI=1S/C21H16ClNO4/c1-12(24)21(26)19-15-11-14(27-2)9-7-13(15)8-10-18(19)23(20(21)25)17-6-4-3-5-16(17)22/h3-11,26H,1-2H3. The lowest BCUT2D eigenvalue weighted by Gasteiger charge is -2.21. The van der Waals surface area contributed by atoms with E-state index in [4.69, 9.17) is 16.3 Å². The topological polar surface area (TPSA) is 66.8 Å². The number of aliphatic hydroxyl groups is 1. The predicted octanol–water partition coefficient (Wildman–Crippen LogP) is 3.96. The summed E-state index contributed by atoms with van der Waals surface area (Å²) in [5.41, 5.74) is -1.21. The van der Waals surface area contributed by atoms with Gasteiger partial charge in [-0.25, -0.2) is 0 Å². The van der Waals surface area contributed by atoms with Gasteiger partial charge in [0.25, 0.3) is 5.91 Å². The summed E-state index contributed by atoms with van der Waals surface area (Å²) in [6.07, 6.45) is 0. The number of Topliss-reactive ketones (excluding diaryl/α,β-unsaturated/α-hetero) is 1. The van der Waals surface area contributed by atoms with Gasteiger partial charge in [0.1, 0.15) is 5.75 Å². The third-order valence-corrected chi connectivity index (χ3v) is 5.24. The zero-order valence-corrected chi connectivity index (χ0v) is 15.4. The average Bonchev–Trinajstić information content (AvgIpc) is 2.90. The van der Waals surface area contributed by atoms with Crippen LogP contribution >= 0.6 is 11.6 Å². The van der Waals surface area contributed by atoms with Crippen molar-refractivity contribution in [3.8, 4) is 5.75 Å². The van der Waals surface area contributed by atoms with Crippen molar-refractivity contribution >= 4 is 45.4 Å². The van der Waals surface area contributed by atoms with Crippen molar-refractivity contribution in [1.82, 2.24) is 0 Å². The summed E-state index contributed by atoms with van der Waals surface area (Å²) < 4.78 is 5.28. The quantitative estimate of drug-likeness (QED) is 0.697. The Labute approximate surface area is 160 Å². The number of fused-ring (bicyclic) bond motifs is 3. The fourth-order valence-corrected chi connectivity index (χ4v) is 3.78. The third-order valence-electron chi connectivity index (χ3n) is 4.92. The van der Waals surface area contributed by atoms with Crippen molar-refractivity contribution in [2.24, 2.45) is 0 Å². The molecule has 1 atom stereocenters. The molecule has 0 bridgehead atoms. The number of amides is 1. The number of ether oxygens (including phenoxy) is 1. The van der Waals surface area contributed by atoms with Gasteiger partial charge < -0.3 is 9.84 Å². The maximum absolute atomic E-state index is 13.2. The van der Waals surface area contributed by atoms with E-state index < -0.39 is 17.3 Å². The Hall–Kier alpha value is -2.89. The fraction of sp³-hybridized carbons (Fsp3) is 0.143. The van der Waals surface area contributed by atoms with E-state index in [1.54, 1.807) is 42.5 Å². The molecule has 0 aromatic heterocycles. The highest BCUT2D eigenvalue weighted by Gasteiger charge is 2.55. The molecule has 0 saturated heterocycles. The van der Waals surface area contributed by atoms with Crippen LogP contribution in [-0.4, -0.2) is 23.9 Å². The van der Waals surface area contributed by atoms with Crippen LogP contribution in [0.3, 0.4) is 0 Å². The Balaban J connectivity index is 2.10. The maximum atomic E-state index is 13.2.